The van der Waals surface area contributed by atoms with Gasteiger partial charge in [-0.25, -0.2) is 4.79 Å². The zero-order valence-electron chi connectivity index (χ0n) is 14.8. The van der Waals surface area contributed by atoms with Gasteiger partial charge in [0, 0.05) is 10.4 Å². The Bertz CT molecular complexity index is 294. The van der Waals surface area contributed by atoms with E-state index in [1.807, 2.05) is 0 Å². The van der Waals surface area contributed by atoms with E-state index in [1.165, 1.54) is 63.9 Å². The second-order valence-corrected chi connectivity index (χ2v) is 8.73. The number of carbonyl (C=O) groups excluding carboxylic acids is 1. The van der Waals surface area contributed by atoms with Crippen LogP contribution in [0.2, 0.25) is 0 Å². The van der Waals surface area contributed by atoms with Gasteiger partial charge in [0.05, 0.1) is 6.61 Å². The van der Waals surface area contributed by atoms with E-state index in [0.29, 0.717) is 12.5 Å². The molecule has 2 nitrogen and oxygen atoms in total. The smallest absolute Gasteiger partial charge is 0.330 e. The lowest BCUT2D eigenvalue weighted by Gasteiger charge is -2.29. The SMILES string of the molecule is C=CC(=O)OCCC(CCCCCCCCCC)C(C)(C)Br. The molecule has 1 atom stereocenters. The zero-order chi connectivity index (χ0) is 16.8. The van der Waals surface area contributed by atoms with Crippen molar-refractivity contribution in [2.24, 2.45) is 5.92 Å². The van der Waals surface area contributed by atoms with Crippen LogP contribution >= 0.6 is 15.9 Å². The maximum Gasteiger partial charge on any atom is 0.330 e. The Hall–Kier alpha value is -0.310. The molecular weight excluding hydrogens is 340 g/mol. The number of esters is 1. The second kappa shape index (κ2) is 13.2. The summed E-state index contributed by atoms with van der Waals surface area (Å²) in [5.41, 5.74) is 0. The molecule has 0 aromatic heterocycles. The summed E-state index contributed by atoms with van der Waals surface area (Å²) in [5, 5.41) is 0. The van der Waals surface area contributed by atoms with Gasteiger partial charge in [-0.2, -0.15) is 0 Å². The maximum absolute atomic E-state index is 11.1. The number of ether oxygens (including phenoxy) is 1. The molecule has 0 saturated carbocycles. The molecule has 0 aromatic carbocycles. The number of carbonyl (C=O) groups is 1. The average Bonchev–Trinajstić information content (AvgIpc) is 2.46. The molecule has 0 radical (unpaired) electrons. The minimum atomic E-state index is -0.321. The first-order valence-corrected chi connectivity index (χ1v) is 9.69. The zero-order valence-corrected chi connectivity index (χ0v) is 16.4. The molecule has 130 valence electrons. The van der Waals surface area contributed by atoms with Gasteiger partial charge >= 0.3 is 5.97 Å². The van der Waals surface area contributed by atoms with Crippen LogP contribution in [0.3, 0.4) is 0 Å². The topological polar surface area (TPSA) is 26.3 Å². The van der Waals surface area contributed by atoms with Crippen molar-refractivity contribution in [2.45, 2.75) is 89.3 Å². The van der Waals surface area contributed by atoms with Crippen molar-refractivity contribution in [1.29, 1.82) is 0 Å². The predicted molar refractivity (Wildman–Crippen MR) is 99.5 cm³/mol. The molecule has 1 unspecified atom stereocenters. The van der Waals surface area contributed by atoms with Crippen molar-refractivity contribution in [2.75, 3.05) is 6.61 Å². The van der Waals surface area contributed by atoms with Crippen LogP contribution in [0.15, 0.2) is 12.7 Å². The summed E-state index contributed by atoms with van der Waals surface area (Å²) in [4.78, 5) is 11.1. The Morgan fingerprint density at radius 3 is 2.14 bits per heavy atom. The minimum Gasteiger partial charge on any atom is -0.463 e. The Labute approximate surface area is 146 Å². The molecule has 0 fully saturated rings. The lowest BCUT2D eigenvalue weighted by Crippen LogP contribution is -2.26. The van der Waals surface area contributed by atoms with Gasteiger partial charge in [-0.05, 0) is 32.6 Å². The molecule has 0 rings (SSSR count). The summed E-state index contributed by atoms with van der Waals surface area (Å²) >= 11 is 3.78. The molecule has 0 amide bonds. The molecule has 0 spiro atoms. The number of hydrogen-bond acceptors (Lipinski definition) is 2. The summed E-state index contributed by atoms with van der Waals surface area (Å²) < 4.78 is 5.21. The van der Waals surface area contributed by atoms with Crippen LogP contribution < -0.4 is 0 Å². The summed E-state index contributed by atoms with van der Waals surface area (Å²) in [5.74, 6) is 0.211. The van der Waals surface area contributed by atoms with E-state index in [0.717, 1.165) is 6.42 Å². The highest BCUT2D eigenvalue weighted by Gasteiger charge is 2.25. The summed E-state index contributed by atoms with van der Waals surface area (Å²) in [6, 6.07) is 0. The van der Waals surface area contributed by atoms with E-state index >= 15 is 0 Å². The molecule has 0 heterocycles. The fourth-order valence-electron chi connectivity index (χ4n) is 2.72. The van der Waals surface area contributed by atoms with Crippen molar-refractivity contribution in [3.63, 3.8) is 0 Å². The molecule has 0 saturated heterocycles. The lowest BCUT2D eigenvalue weighted by molar-refractivity contribution is -0.138. The van der Waals surface area contributed by atoms with Crippen LogP contribution in [0.4, 0.5) is 0 Å². The molecule has 0 aliphatic rings. The molecule has 0 bridgehead atoms. The molecule has 0 aliphatic heterocycles. The van der Waals surface area contributed by atoms with Gasteiger partial charge in [0.2, 0.25) is 0 Å². The third kappa shape index (κ3) is 12.3. The average molecular weight is 375 g/mol. The molecular formula is C19H35BrO2. The van der Waals surface area contributed by atoms with Gasteiger partial charge in [0.15, 0.2) is 0 Å². The van der Waals surface area contributed by atoms with Crippen LogP contribution in [0, 0.1) is 5.92 Å². The van der Waals surface area contributed by atoms with E-state index in [-0.39, 0.29) is 10.3 Å². The summed E-state index contributed by atoms with van der Waals surface area (Å²) in [7, 11) is 0. The largest absolute Gasteiger partial charge is 0.463 e. The Balaban J connectivity index is 3.82. The van der Waals surface area contributed by atoms with Crippen LogP contribution in [-0.4, -0.2) is 16.9 Å². The van der Waals surface area contributed by atoms with Crippen molar-refractivity contribution in [3.8, 4) is 0 Å². The van der Waals surface area contributed by atoms with Crippen molar-refractivity contribution in [1.82, 2.24) is 0 Å². The Kier molecular flexibility index (Phi) is 13.0. The van der Waals surface area contributed by atoms with Crippen molar-refractivity contribution < 1.29 is 9.53 Å². The maximum atomic E-state index is 11.1. The minimum absolute atomic E-state index is 0.0920. The Morgan fingerprint density at radius 1 is 1.09 bits per heavy atom. The van der Waals surface area contributed by atoms with E-state index < -0.39 is 0 Å². The quantitative estimate of drug-likeness (QED) is 0.151. The number of alkyl halides is 1. The summed E-state index contributed by atoms with van der Waals surface area (Å²) in [6.45, 7) is 10.6. The second-order valence-electron chi connectivity index (χ2n) is 6.69. The Morgan fingerprint density at radius 2 is 1.64 bits per heavy atom. The van der Waals surface area contributed by atoms with Gasteiger partial charge in [-0.1, -0.05) is 80.8 Å². The monoisotopic (exact) mass is 374 g/mol. The first-order valence-electron chi connectivity index (χ1n) is 8.90. The molecule has 0 N–H and O–H groups in total. The number of halogens is 1. The van der Waals surface area contributed by atoms with Gasteiger partial charge in [0.1, 0.15) is 0 Å². The molecule has 22 heavy (non-hydrogen) atoms. The molecule has 0 aromatic rings. The fraction of sp³-hybridized carbons (Fsp3) is 0.842. The number of unbranched alkanes of at least 4 members (excludes halogenated alkanes) is 7. The molecule has 0 aliphatic carbocycles. The van der Waals surface area contributed by atoms with Crippen LogP contribution in [0.25, 0.3) is 0 Å². The van der Waals surface area contributed by atoms with E-state index in [1.54, 1.807) is 0 Å². The van der Waals surface area contributed by atoms with Crippen LogP contribution in [-0.2, 0) is 9.53 Å². The first kappa shape index (κ1) is 21.7. The van der Waals surface area contributed by atoms with E-state index in [4.69, 9.17) is 4.74 Å². The highest BCUT2D eigenvalue weighted by Crippen LogP contribution is 2.33. The highest BCUT2D eigenvalue weighted by atomic mass is 79.9. The molecule has 3 heteroatoms. The van der Waals surface area contributed by atoms with Gasteiger partial charge in [0.25, 0.3) is 0 Å². The van der Waals surface area contributed by atoms with Gasteiger partial charge in [-0.3, -0.25) is 0 Å². The number of hydrogen-bond donors (Lipinski definition) is 0. The number of rotatable bonds is 14. The normalized spacial score (nSPS) is 12.9. The predicted octanol–water partition coefficient (Wildman–Crippen LogP) is 6.43. The van der Waals surface area contributed by atoms with Crippen LogP contribution in [0.1, 0.15) is 85.0 Å². The third-order valence-electron chi connectivity index (χ3n) is 4.25. The summed E-state index contributed by atoms with van der Waals surface area (Å²) in [6.07, 6.45) is 14.1. The van der Waals surface area contributed by atoms with Gasteiger partial charge < -0.3 is 4.74 Å². The van der Waals surface area contributed by atoms with E-state index in [2.05, 4.69) is 43.3 Å². The van der Waals surface area contributed by atoms with Crippen molar-refractivity contribution in [3.05, 3.63) is 12.7 Å². The first-order chi connectivity index (χ1) is 10.4. The highest BCUT2D eigenvalue weighted by molar-refractivity contribution is 9.10. The standard InChI is InChI=1S/C19H35BrO2/c1-5-7-8-9-10-11-12-13-14-17(19(3,4)20)15-16-22-18(21)6-2/h6,17H,2,5,7-16H2,1,3-4H3. The van der Waals surface area contributed by atoms with E-state index in [9.17, 15) is 4.79 Å². The van der Waals surface area contributed by atoms with Gasteiger partial charge in [-0.15, -0.1) is 0 Å². The van der Waals surface area contributed by atoms with Crippen molar-refractivity contribution >= 4 is 21.9 Å². The lowest BCUT2D eigenvalue weighted by atomic mass is 9.87. The third-order valence-corrected chi connectivity index (χ3v) is 4.90. The fourth-order valence-corrected chi connectivity index (χ4v) is 3.17. The van der Waals surface area contributed by atoms with Crippen LogP contribution in [0.5, 0.6) is 0 Å².